The molecule has 3 nitrogen and oxygen atoms in total. The van der Waals surface area contributed by atoms with Gasteiger partial charge in [-0.1, -0.05) is 19.9 Å². The summed E-state index contributed by atoms with van der Waals surface area (Å²) in [6.45, 7) is 10.2. The Bertz CT molecular complexity index is 352. The monoisotopic (exact) mass is 247 g/mol. The minimum atomic E-state index is 0.427. The van der Waals surface area contributed by atoms with E-state index in [2.05, 4.69) is 48.1 Å². The van der Waals surface area contributed by atoms with E-state index in [1.165, 1.54) is 18.7 Å². The summed E-state index contributed by atoms with van der Waals surface area (Å²) in [6.07, 6.45) is 3.13. The van der Waals surface area contributed by atoms with Gasteiger partial charge in [-0.15, -0.1) is 0 Å². The van der Waals surface area contributed by atoms with E-state index in [1.807, 2.05) is 12.3 Å². The largest absolute Gasteiger partial charge is 0.314 e. The number of likely N-dealkylation sites (tertiary alicyclic amines) is 1. The lowest BCUT2D eigenvalue weighted by molar-refractivity contribution is 0.110. The quantitative estimate of drug-likeness (QED) is 0.886. The number of hydrogen-bond acceptors (Lipinski definition) is 3. The Labute approximate surface area is 111 Å². The van der Waals surface area contributed by atoms with E-state index < -0.39 is 0 Å². The third-order valence-electron chi connectivity index (χ3n) is 4.07. The molecule has 0 radical (unpaired) electrons. The zero-order valence-electron chi connectivity index (χ0n) is 11.8. The van der Waals surface area contributed by atoms with Crippen molar-refractivity contribution in [2.45, 2.75) is 39.3 Å². The van der Waals surface area contributed by atoms with Crippen molar-refractivity contribution >= 4 is 0 Å². The second-order valence-corrected chi connectivity index (χ2v) is 5.36. The van der Waals surface area contributed by atoms with Crippen molar-refractivity contribution in [1.82, 2.24) is 15.2 Å². The van der Waals surface area contributed by atoms with Gasteiger partial charge in [0.05, 0.1) is 5.69 Å². The number of hydrogen-bond donors (Lipinski definition) is 1. The Hall–Kier alpha value is -0.930. The lowest BCUT2D eigenvalue weighted by Gasteiger charge is -2.40. The Morgan fingerprint density at radius 1 is 1.50 bits per heavy atom. The molecular formula is C15H25N3. The lowest BCUT2D eigenvalue weighted by Crippen LogP contribution is -2.48. The summed E-state index contributed by atoms with van der Waals surface area (Å²) in [5.74, 6) is 0.713. The van der Waals surface area contributed by atoms with Gasteiger partial charge in [0.1, 0.15) is 0 Å². The van der Waals surface area contributed by atoms with Gasteiger partial charge < -0.3 is 5.32 Å². The maximum atomic E-state index is 4.48. The van der Waals surface area contributed by atoms with Crippen LogP contribution in [0.1, 0.15) is 38.9 Å². The normalized spacial score (nSPS) is 27.1. The van der Waals surface area contributed by atoms with Crippen molar-refractivity contribution in [2.24, 2.45) is 5.92 Å². The second-order valence-electron chi connectivity index (χ2n) is 5.36. The zero-order valence-corrected chi connectivity index (χ0v) is 11.8. The van der Waals surface area contributed by atoms with Crippen LogP contribution in [-0.2, 0) is 0 Å². The van der Waals surface area contributed by atoms with Gasteiger partial charge in [-0.25, -0.2) is 0 Å². The highest BCUT2D eigenvalue weighted by atomic mass is 15.2. The van der Waals surface area contributed by atoms with E-state index in [-0.39, 0.29) is 0 Å². The first-order valence-electron chi connectivity index (χ1n) is 7.10. The van der Waals surface area contributed by atoms with Crippen LogP contribution in [0, 0.1) is 5.92 Å². The zero-order chi connectivity index (χ0) is 13.0. The summed E-state index contributed by atoms with van der Waals surface area (Å²) in [5.41, 5.74) is 1.19. The minimum absolute atomic E-state index is 0.427. The third kappa shape index (κ3) is 3.09. The summed E-state index contributed by atoms with van der Waals surface area (Å²) in [4.78, 5) is 7.03. The van der Waals surface area contributed by atoms with Gasteiger partial charge >= 0.3 is 0 Å². The summed E-state index contributed by atoms with van der Waals surface area (Å²) < 4.78 is 0. The van der Waals surface area contributed by atoms with E-state index >= 15 is 0 Å². The van der Waals surface area contributed by atoms with Gasteiger partial charge in [-0.3, -0.25) is 9.88 Å². The first kappa shape index (κ1) is 13.5. The molecule has 3 unspecified atom stereocenters. The van der Waals surface area contributed by atoms with Crippen LogP contribution >= 0.6 is 0 Å². The standard InChI is InChI=1S/C15H25N3/c1-4-16-14-8-10-18(11-12(14)2)13(3)15-7-5-6-9-17-15/h5-7,9,12-14,16H,4,8,10-11H2,1-3H3. The van der Waals surface area contributed by atoms with Gasteiger partial charge in [-0.2, -0.15) is 0 Å². The molecule has 1 aromatic rings. The van der Waals surface area contributed by atoms with Crippen molar-refractivity contribution in [1.29, 1.82) is 0 Å². The van der Waals surface area contributed by atoms with Crippen LogP contribution in [0.5, 0.6) is 0 Å². The molecule has 2 heterocycles. The summed E-state index contributed by atoms with van der Waals surface area (Å²) in [5, 5.41) is 3.59. The smallest absolute Gasteiger partial charge is 0.0572 e. The SMILES string of the molecule is CCNC1CCN(C(C)c2ccccn2)CC1C. The van der Waals surface area contributed by atoms with Crippen LogP contribution in [0.4, 0.5) is 0 Å². The number of rotatable bonds is 4. The highest BCUT2D eigenvalue weighted by Crippen LogP contribution is 2.25. The summed E-state index contributed by atoms with van der Waals surface area (Å²) in [7, 11) is 0. The van der Waals surface area contributed by atoms with Gasteiger partial charge in [-0.05, 0) is 37.9 Å². The van der Waals surface area contributed by atoms with E-state index in [1.54, 1.807) is 0 Å². The van der Waals surface area contributed by atoms with Crippen LogP contribution in [0.15, 0.2) is 24.4 Å². The minimum Gasteiger partial charge on any atom is -0.314 e. The number of aromatic nitrogens is 1. The number of nitrogens with one attached hydrogen (secondary N) is 1. The molecule has 1 aliphatic heterocycles. The number of pyridine rings is 1. The Morgan fingerprint density at radius 2 is 2.33 bits per heavy atom. The topological polar surface area (TPSA) is 28.2 Å². The first-order chi connectivity index (χ1) is 8.72. The van der Waals surface area contributed by atoms with Crippen LogP contribution in [0.25, 0.3) is 0 Å². The Morgan fingerprint density at radius 3 is 2.94 bits per heavy atom. The highest BCUT2D eigenvalue weighted by molar-refractivity contribution is 5.08. The van der Waals surface area contributed by atoms with Crippen LogP contribution in [0.3, 0.4) is 0 Å². The van der Waals surface area contributed by atoms with Gasteiger partial charge in [0, 0.05) is 31.4 Å². The molecule has 1 aliphatic rings. The maximum absolute atomic E-state index is 4.48. The average molecular weight is 247 g/mol. The summed E-state index contributed by atoms with van der Waals surface area (Å²) in [6, 6.07) is 7.30. The van der Waals surface area contributed by atoms with Crippen molar-refractivity contribution < 1.29 is 0 Å². The molecule has 1 N–H and O–H groups in total. The molecule has 18 heavy (non-hydrogen) atoms. The molecule has 0 aromatic carbocycles. The predicted molar refractivity (Wildman–Crippen MR) is 75.5 cm³/mol. The van der Waals surface area contributed by atoms with Crippen LogP contribution < -0.4 is 5.32 Å². The molecule has 1 aromatic heterocycles. The fourth-order valence-corrected chi connectivity index (χ4v) is 2.91. The molecule has 0 bridgehead atoms. The lowest BCUT2D eigenvalue weighted by atomic mass is 9.92. The van der Waals surface area contributed by atoms with E-state index in [4.69, 9.17) is 0 Å². The molecule has 3 heteroatoms. The Balaban J connectivity index is 1.96. The summed E-state index contributed by atoms with van der Waals surface area (Å²) >= 11 is 0. The molecule has 0 amide bonds. The van der Waals surface area contributed by atoms with E-state index in [9.17, 15) is 0 Å². The fourth-order valence-electron chi connectivity index (χ4n) is 2.91. The average Bonchev–Trinajstić information content (AvgIpc) is 2.41. The van der Waals surface area contributed by atoms with Crippen LogP contribution in [-0.4, -0.2) is 35.6 Å². The molecular weight excluding hydrogens is 222 g/mol. The van der Waals surface area contributed by atoms with Gasteiger partial charge in [0.2, 0.25) is 0 Å². The molecule has 0 saturated carbocycles. The van der Waals surface area contributed by atoms with Crippen LogP contribution in [0.2, 0.25) is 0 Å². The number of nitrogens with zero attached hydrogens (tertiary/aromatic N) is 2. The second kappa shape index (κ2) is 6.30. The van der Waals surface area contributed by atoms with E-state index in [0.29, 0.717) is 18.0 Å². The fraction of sp³-hybridized carbons (Fsp3) is 0.667. The first-order valence-corrected chi connectivity index (χ1v) is 7.10. The van der Waals surface area contributed by atoms with Crippen molar-refractivity contribution in [2.75, 3.05) is 19.6 Å². The molecule has 2 rings (SSSR count). The van der Waals surface area contributed by atoms with Crippen molar-refractivity contribution in [3.8, 4) is 0 Å². The van der Waals surface area contributed by atoms with Gasteiger partial charge in [0.15, 0.2) is 0 Å². The van der Waals surface area contributed by atoms with E-state index in [0.717, 1.165) is 13.1 Å². The molecule has 100 valence electrons. The molecule has 1 fully saturated rings. The highest BCUT2D eigenvalue weighted by Gasteiger charge is 2.28. The van der Waals surface area contributed by atoms with Crippen molar-refractivity contribution in [3.63, 3.8) is 0 Å². The Kier molecular flexibility index (Phi) is 4.72. The maximum Gasteiger partial charge on any atom is 0.0572 e. The third-order valence-corrected chi connectivity index (χ3v) is 4.07. The molecule has 0 aliphatic carbocycles. The van der Waals surface area contributed by atoms with Gasteiger partial charge in [0.25, 0.3) is 0 Å². The van der Waals surface area contributed by atoms with Crippen molar-refractivity contribution in [3.05, 3.63) is 30.1 Å². The number of piperidine rings is 1. The molecule has 1 saturated heterocycles. The molecule has 0 spiro atoms. The molecule has 3 atom stereocenters. The predicted octanol–water partition coefficient (Wildman–Crippen LogP) is 2.46.